The van der Waals surface area contributed by atoms with Crippen LogP contribution >= 0.6 is 0 Å². The lowest BCUT2D eigenvalue weighted by molar-refractivity contribution is -0.383. The van der Waals surface area contributed by atoms with E-state index in [2.05, 4.69) is 17.2 Å². The molecule has 2 aromatic carbocycles. The summed E-state index contributed by atoms with van der Waals surface area (Å²) in [6.07, 6.45) is 11.6. The second-order valence-electron chi connectivity index (χ2n) is 9.94. The number of aliphatic carboxylic acids is 2. The number of nitrogens with zero attached hydrogens (tertiary/aromatic N) is 4. The van der Waals surface area contributed by atoms with Crippen LogP contribution in [0.4, 0.5) is 22.7 Å². The normalized spacial score (nSPS) is 11.1. The maximum Gasteiger partial charge on any atom is 0.320 e. The molecule has 0 fully saturated rings. The summed E-state index contributed by atoms with van der Waals surface area (Å²) in [7, 11) is 0. The van der Waals surface area contributed by atoms with Gasteiger partial charge in [-0.3, -0.25) is 19.7 Å². The molecule has 40 heavy (non-hydrogen) atoms. The molecule has 2 aromatic rings. The molecule has 2 N–H and O–H groups in total. The van der Waals surface area contributed by atoms with Crippen molar-refractivity contribution in [2.24, 2.45) is 10.2 Å². The zero-order chi connectivity index (χ0) is 29.2. The highest BCUT2D eigenvalue weighted by molar-refractivity contribution is 5.79. The van der Waals surface area contributed by atoms with Gasteiger partial charge in [-0.1, -0.05) is 89.0 Å². The average molecular weight is 555 g/mol. The van der Waals surface area contributed by atoms with E-state index in [1.807, 2.05) is 6.07 Å². The molecular formula is C30H42N4O6. The average Bonchev–Trinajstić information content (AvgIpc) is 2.93. The van der Waals surface area contributed by atoms with E-state index < -0.39 is 16.9 Å². The summed E-state index contributed by atoms with van der Waals surface area (Å²) in [5, 5.41) is 39.3. The Bertz CT molecular complexity index is 1090. The minimum Gasteiger partial charge on any atom is -0.481 e. The zero-order valence-corrected chi connectivity index (χ0v) is 23.5. The summed E-state index contributed by atoms with van der Waals surface area (Å²) in [6, 6.07) is 12.2. The molecule has 218 valence electrons. The summed E-state index contributed by atoms with van der Waals surface area (Å²) in [6.45, 7) is 2.08. The Morgan fingerprint density at radius 1 is 0.800 bits per heavy atom. The third kappa shape index (κ3) is 11.9. The second kappa shape index (κ2) is 18.5. The molecule has 0 amide bonds. The van der Waals surface area contributed by atoms with Crippen molar-refractivity contribution in [1.82, 2.24) is 0 Å². The number of aryl methyl sites for hydroxylation is 1. The highest BCUT2D eigenvalue weighted by Gasteiger charge is 2.28. The molecule has 0 unspecified atom stereocenters. The van der Waals surface area contributed by atoms with Crippen LogP contribution in [0.1, 0.15) is 89.5 Å². The molecule has 0 atom stereocenters. The number of azo groups is 1. The fourth-order valence-electron chi connectivity index (χ4n) is 4.63. The lowest BCUT2D eigenvalue weighted by atomic mass is 10.00. The van der Waals surface area contributed by atoms with Crippen molar-refractivity contribution in [3.05, 3.63) is 58.1 Å². The minimum absolute atomic E-state index is 0.0336. The number of nitro benzene ring substituents is 1. The first-order valence-corrected chi connectivity index (χ1v) is 14.3. The maximum atomic E-state index is 12.4. The number of nitro groups is 1. The number of anilines is 1. The van der Waals surface area contributed by atoms with Crippen molar-refractivity contribution >= 4 is 34.7 Å². The number of rotatable bonds is 21. The molecule has 0 saturated heterocycles. The van der Waals surface area contributed by atoms with Crippen LogP contribution in [0, 0.1) is 10.1 Å². The monoisotopic (exact) mass is 554 g/mol. The molecule has 0 heterocycles. The lowest BCUT2D eigenvalue weighted by Gasteiger charge is -2.26. The molecule has 2 rings (SSSR count). The summed E-state index contributed by atoms with van der Waals surface area (Å²) in [4.78, 5) is 36.1. The van der Waals surface area contributed by atoms with Crippen LogP contribution < -0.4 is 4.90 Å². The van der Waals surface area contributed by atoms with Crippen LogP contribution in [0.2, 0.25) is 0 Å². The Morgan fingerprint density at radius 2 is 1.35 bits per heavy atom. The van der Waals surface area contributed by atoms with Gasteiger partial charge in [0.2, 0.25) is 0 Å². The third-order valence-corrected chi connectivity index (χ3v) is 6.73. The van der Waals surface area contributed by atoms with Crippen molar-refractivity contribution in [2.45, 2.75) is 90.4 Å². The maximum absolute atomic E-state index is 12.4. The molecule has 0 aromatic heterocycles. The van der Waals surface area contributed by atoms with Crippen molar-refractivity contribution in [1.29, 1.82) is 0 Å². The van der Waals surface area contributed by atoms with E-state index in [1.54, 1.807) is 36.4 Å². The van der Waals surface area contributed by atoms with Crippen LogP contribution in [0.15, 0.2) is 52.7 Å². The second-order valence-corrected chi connectivity index (χ2v) is 9.94. The van der Waals surface area contributed by atoms with Crippen LogP contribution in [-0.2, 0) is 16.0 Å². The largest absolute Gasteiger partial charge is 0.481 e. The van der Waals surface area contributed by atoms with Gasteiger partial charge in [0.05, 0.1) is 23.5 Å². The van der Waals surface area contributed by atoms with E-state index in [-0.39, 0.29) is 43.0 Å². The molecule has 0 aliphatic heterocycles. The number of carboxylic acid groups (broad SMARTS) is 2. The number of hydrogen-bond donors (Lipinski definition) is 2. The first-order valence-electron chi connectivity index (χ1n) is 14.3. The quantitative estimate of drug-likeness (QED) is 0.0683. The van der Waals surface area contributed by atoms with E-state index in [1.165, 1.54) is 43.4 Å². The Balaban J connectivity index is 2.29. The number of carboxylic acids is 2. The highest BCUT2D eigenvalue weighted by Crippen LogP contribution is 2.42. The Morgan fingerprint density at radius 3 is 1.88 bits per heavy atom. The molecule has 0 radical (unpaired) electrons. The standard InChI is InChI=1S/C30H42N4O6/c1-2-3-4-5-6-7-8-9-10-12-15-24-18-19-26(32-31-25-16-13-11-14-17-25)30(34(39)40)29(24)33(22-20-27(35)36)23-21-28(37)38/h11,13-14,16-19H,2-10,12,15,20-23H2,1H3,(H,35,36)(H,37,38). The van der Waals surface area contributed by atoms with Crippen molar-refractivity contribution in [3.8, 4) is 0 Å². The lowest BCUT2D eigenvalue weighted by Crippen LogP contribution is -2.30. The van der Waals surface area contributed by atoms with E-state index in [0.29, 0.717) is 17.7 Å². The topological polar surface area (TPSA) is 146 Å². The van der Waals surface area contributed by atoms with Gasteiger partial charge in [0.1, 0.15) is 5.69 Å². The summed E-state index contributed by atoms with van der Waals surface area (Å²) in [5.41, 5.74) is 1.18. The summed E-state index contributed by atoms with van der Waals surface area (Å²) < 4.78 is 0. The summed E-state index contributed by atoms with van der Waals surface area (Å²) >= 11 is 0. The van der Waals surface area contributed by atoms with E-state index in [0.717, 1.165) is 25.7 Å². The molecule has 0 bridgehead atoms. The minimum atomic E-state index is -1.07. The van der Waals surface area contributed by atoms with E-state index >= 15 is 0 Å². The van der Waals surface area contributed by atoms with E-state index in [9.17, 15) is 29.9 Å². The number of carbonyl (C=O) groups is 2. The zero-order valence-electron chi connectivity index (χ0n) is 23.5. The van der Waals surface area contributed by atoms with Gasteiger partial charge >= 0.3 is 17.6 Å². The van der Waals surface area contributed by atoms with Gasteiger partial charge in [-0.15, -0.1) is 5.11 Å². The van der Waals surface area contributed by atoms with Crippen molar-refractivity contribution in [3.63, 3.8) is 0 Å². The van der Waals surface area contributed by atoms with Crippen LogP contribution in [0.25, 0.3) is 0 Å². The number of benzene rings is 2. The fraction of sp³-hybridized carbons (Fsp3) is 0.533. The third-order valence-electron chi connectivity index (χ3n) is 6.73. The first-order chi connectivity index (χ1) is 19.3. The van der Waals surface area contributed by atoms with Crippen LogP contribution in [0.5, 0.6) is 0 Å². The van der Waals surface area contributed by atoms with Crippen molar-refractivity contribution < 1.29 is 24.7 Å². The Labute approximate surface area is 236 Å². The molecule has 0 aliphatic carbocycles. The molecular weight excluding hydrogens is 512 g/mol. The van der Waals surface area contributed by atoms with Gasteiger partial charge in [-0.2, -0.15) is 5.11 Å². The molecule has 0 spiro atoms. The van der Waals surface area contributed by atoms with Gasteiger partial charge in [0.25, 0.3) is 0 Å². The van der Waals surface area contributed by atoms with E-state index in [4.69, 9.17) is 0 Å². The smallest absolute Gasteiger partial charge is 0.320 e. The van der Waals surface area contributed by atoms with Gasteiger partial charge in [-0.05, 0) is 36.6 Å². The SMILES string of the molecule is CCCCCCCCCCCCc1ccc(N=Nc2ccccc2)c([N+](=O)[O-])c1N(CCC(=O)O)CCC(=O)O. The molecule has 10 nitrogen and oxygen atoms in total. The predicted octanol–water partition coefficient (Wildman–Crippen LogP) is 8.23. The number of unbranched alkanes of at least 4 members (excludes halogenated alkanes) is 9. The fourth-order valence-corrected chi connectivity index (χ4v) is 4.63. The van der Waals surface area contributed by atoms with Gasteiger partial charge in [0.15, 0.2) is 5.69 Å². The Kier molecular flexibility index (Phi) is 15.0. The molecule has 10 heteroatoms. The summed E-state index contributed by atoms with van der Waals surface area (Å²) in [5.74, 6) is -2.14. The van der Waals surface area contributed by atoms with Crippen molar-refractivity contribution in [2.75, 3.05) is 18.0 Å². The van der Waals surface area contributed by atoms with Gasteiger partial charge < -0.3 is 15.1 Å². The Hall–Kier alpha value is -3.82. The first kappa shape index (κ1) is 32.4. The predicted molar refractivity (Wildman–Crippen MR) is 156 cm³/mol. The van der Waals surface area contributed by atoms with Crippen LogP contribution in [-0.4, -0.2) is 40.2 Å². The van der Waals surface area contributed by atoms with Gasteiger partial charge in [0, 0.05) is 13.1 Å². The molecule has 0 aliphatic rings. The number of hydrogen-bond acceptors (Lipinski definition) is 7. The van der Waals surface area contributed by atoms with Gasteiger partial charge in [-0.25, -0.2) is 0 Å². The highest BCUT2D eigenvalue weighted by atomic mass is 16.6. The van der Waals surface area contributed by atoms with Crippen LogP contribution in [0.3, 0.4) is 0 Å². The molecule has 0 saturated carbocycles.